The molecule has 0 aliphatic carbocycles. The molecule has 6 heteroatoms. The molecule has 2 aromatic carbocycles. The Hall–Kier alpha value is -2.86. The van der Waals surface area contributed by atoms with Crippen LogP contribution in [0.1, 0.15) is 47.3 Å². The summed E-state index contributed by atoms with van der Waals surface area (Å²) in [5.41, 5.74) is 4.49. The van der Waals surface area contributed by atoms with Gasteiger partial charge >= 0.3 is 0 Å². The standard InChI is InChI=1S/C26H33N3O3/c1-26(2,11-10-20-6-4-8-22(16-20)32-3)29-17-21-7-5-9-23(24(21)18-29)25(31)28-14-12-27(19-30)13-15-28/h4-9,16,19H,10-15,17-18H2,1-3H3. The molecule has 1 saturated heterocycles. The molecule has 2 aliphatic heterocycles. The van der Waals surface area contributed by atoms with E-state index in [0.717, 1.165) is 49.2 Å². The first kappa shape index (κ1) is 22.3. The third-order valence-electron chi connectivity index (χ3n) is 6.98. The summed E-state index contributed by atoms with van der Waals surface area (Å²) in [6.07, 6.45) is 2.86. The van der Waals surface area contributed by atoms with E-state index in [1.807, 2.05) is 29.2 Å². The molecule has 2 heterocycles. The minimum absolute atomic E-state index is 0.00198. The number of carbonyl (C=O) groups is 2. The van der Waals surface area contributed by atoms with Gasteiger partial charge < -0.3 is 14.5 Å². The number of nitrogens with zero attached hydrogens (tertiary/aromatic N) is 3. The Morgan fingerprint density at radius 3 is 2.53 bits per heavy atom. The highest BCUT2D eigenvalue weighted by molar-refractivity contribution is 5.96. The van der Waals surface area contributed by atoms with Crippen molar-refractivity contribution in [1.29, 1.82) is 0 Å². The maximum Gasteiger partial charge on any atom is 0.254 e. The Bertz CT molecular complexity index is 980. The topological polar surface area (TPSA) is 53.1 Å². The van der Waals surface area contributed by atoms with E-state index in [0.29, 0.717) is 26.2 Å². The van der Waals surface area contributed by atoms with Crippen molar-refractivity contribution in [3.8, 4) is 5.75 Å². The van der Waals surface area contributed by atoms with Crippen LogP contribution >= 0.6 is 0 Å². The van der Waals surface area contributed by atoms with Gasteiger partial charge in [-0.1, -0.05) is 24.3 Å². The second-order valence-electron chi connectivity index (χ2n) is 9.40. The predicted octanol–water partition coefficient (Wildman–Crippen LogP) is 3.34. The van der Waals surface area contributed by atoms with Crippen molar-refractivity contribution in [2.24, 2.45) is 0 Å². The first-order valence-electron chi connectivity index (χ1n) is 11.4. The summed E-state index contributed by atoms with van der Waals surface area (Å²) < 4.78 is 5.36. The van der Waals surface area contributed by atoms with Gasteiger partial charge in [0.05, 0.1) is 7.11 Å². The highest BCUT2D eigenvalue weighted by Crippen LogP contribution is 2.34. The lowest BCUT2D eigenvalue weighted by Gasteiger charge is -2.36. The molecule has 0 saturated carbocycles. The Kier molecular flexibility index (Phi) is 6.51. The molecular formula is C26H33N3O3. The highest BCUT2D eigenvalue weighted by Gasteiger charge is 2.34. The molecule has 0 atom stereocenters. The molecule has 0 aromatic heterocycles. The number of methoxy groups -OCH3 is 1. The molecule has 32 heavy (non-hydrogen) atoms. The zero-order valence-electron chi connectivity index (χ0n) is 19.3. The number of amides is 2. The second-order valence-corrected chi connectivity index (χ2v) is 9.40. The molecule has 0 spiro atoms. The lowest BCUT2D eigenvalue weighted by atomic mass is 9.93. The van der Waals surface area contributed by atoms with Gasteiger partial charge in [-0.05, 0) is 61.6 Å². The van der Waals surface area contributed by atoms with E-state index in [1.165, 1.54) is 11.1 Å². The average molecular weight is 436 g/mol. The van der Waals surface area contributed by atoms with Crippen molar-refractivity contribution < 1.29 is 14.3 Å². The van der Waals surface area contributed by atoms with E-state index in [4.69, 9.17) is 4.74 Å². The van der Waals surface area contributed by atoms with Crippen LogP contribution in [0.2, 0.25) is 0 Å². The number of piperazine rings is 1. The van der Waals surface area contributed by atoms with E-state index in [-0.39, 0.29) is 11.4 Å². The number of fused-ring (bicyclic) bond motifs is 1. The Morgan fingerprint density at radius 2 is 1.81 bits per heavy atom. The van der Waals surface area contributed by atoms with Gasteiger partial charge in [-0.15, -0.1) is 0 Å². The zero-order valence-corrected chi connectivity index (χ0v) is 19.3. The Balaban J connectivity index is 1.44. The minimum Gasteiger partial charge on any atom is -0.497 e. The van der Waals surface area contributed by atoms with Crippen molar-refractivity contribution >= 4 is 12.3 Å². The molecule has 4 rings (SSSR count). The quantitative estimate of drug-likeness (QED) is 0.626. The van der Waals surface area contributed by atoms with Crippen molar-refractivity contribution in [1.82, 2.24) is 14.7 Å². The van der Waals surface area contributed by atoms with Crippen molar-refractivity contribution in [3.05, 3.63) is 64.7 Å². The van der Waals surface area contributed by atoms with E-state index >= 15 is 0 Å². The smallest absolute Gasteiger partial charge is 0.254 e. The van der Waals surface area contributed by atoms with Gasteiger partial charge in [-0.25, -0.2) is 0 Å². The third kappa shape index (κ3) is 4.65. The highest BCUT2D eigenvalue weighted by atomic mass is 16.5. The monoisotopic (exact) mass is 435 g/mol. The summed E-state index contributed by atoms with van der Waals surface area (Å²) in [7, 11) is 1.70. The number of hydrogen-bond acceptors (Lipinski definition) is 4. The van der Waals surface area contributed by atoms with Gasteiger partial charge in [0, 0.05) is 50.4 Å². The molecule has 0 bridgehead atoms. The van der Waals surface area contributed by atoms with Crippen LogP contribution in [-0.4, -0.2) is 65.8 Å². The fourth-order valence-electron chi connectivity index (χ4n) is 4.69. The van der Waals surface area contributed by atoms with Crippen LogP contribution in [0, 0.1) is 0 Å². The molecule has 170 valence electrons. The second kappa shape index (κ2) is 9.33. The van der Waals surface area contributed by atoms with Gasteiger partial charge in [-0.3, -0.25) is 14.5 Å². The van der Waals surface area contributed by atoms with Gasteiger partial charge in [0.15, 0.2) is 0 Å². The summed E-state index contributed by atoms with van der Waals surface area (Å²) in [5, 5.41) is 0. The molecule has 6 nitrogen and oxygen atoms in total. The Morgan fingerprint density at radius 1 is 1.06 bits per heavy atom. The fourth-order valence-corrected chi connectivity index (χ4v) is 4.69. The number of aryl methyl sites for hydroxylation is 1. The zero-order chi connectivity index (χ0) is 22.7. The fraction of sp³-hybridized carbons (Fsp3) is 0.462. The SMILES string of the molecule is COc1cccc(CCC(C)(C)N2Cc3cccc(C(=O)N4CCN(C=O)CC4)c3C2)c1. The maximum atomic E-state index is 13.3. The molecule has 2 aromatic rings. The van der Waals surface area contributed by atoms with Gasteiger partial charge in [0.2, 0.25) is 6.41 Å². The van der Waals surface area contributed by atoms with Crippen LogP contribution in [0.3, 0.4) is 0 Å². The normalized spacial score (nSPS) is 16.7. The number of rotatable bonds is 7. The summed E-state index contributed by atoms with van der Waals surface area (Å²) in [6.45, 7) is 8.63. The molecular weight excluding hydrogens is 402 g/mol. The van der Waals surface area contributed by atoms with Crippen molar-refractivity contribution in [3.63, 3.8) is 0 Å². The molecule has 0 N–H and O–H groups in total. The van der Waals surface area contributed by atoms with E-state index in [2.05, 4.69) is 36.9 Å². The molecule has 1 fully saturated rings. The lowest BCUT2D eigenvalue weighted by Crippen LogP contribution is -2.48. The van der Waals surface area contributed by atoms with E-state index < -0.39 is 0 Å². The number of hydrogen-bond donors (Lipinski definition) is 0. The Labute approximate surface area is 190 Å². The summed E-state index contributed by atoms with van der Waals surface area (Å²) in [4.78, 5) is 30.3. The number of carbonyl (C=O) groups excluding carboxylic acids is 2. The summed E-state index contributed by atoms with van der Waals surface area (Å²) in [6, 6.07) is 14.4. The lowest BCUT2D eigenvalue weighted by molar-refractivity contribution is -0.119. The van der Waals surface area contributed by atoms with Crippen LogP contribution in [0.5, 0.6) is 5.75 Å². The van der Waals surface area contributed by atoms with Crippen LogP contribution in [-0.2, 0) is 24.3 Å². The van der Waals surface area contributed by atoms with Crippen LogP contribution in [0.25, 0.3) is 0 Å². The summed E-state index contributed by atoms with van der Waals surface area (Å²) in [5.74, 6) is 0.981. The van der Waals surface area contributed by atoms with Gasteiger partial charge in [-0.2, -0.15) is 0 Å². The van der Waals surface area contributed by atoms with E-state index in [1.54, 1.807) is 12.0 Å². The first-order chi connectivity index (χ1) is 15.4. The third-order valence-corrected chi connectivity index (χ3v) is 6.98. The largest absolute Gasteiger partial charge is 0.497 e. The van der Waals surface area contributed by atoms with Gasteiger partial charge in [0.1, 0.15) is 5.75 Å². The van der Waals surface area contributed by atoms with Crippen molar-refractivity contribution in [2.75, 3.05) is 33.3 Å². The molecule has 2 amide bonds. The predicted molar refractivity (Wildman–Crippen MR) is 125 cm³/mol. The van der Waals surface area contributed by atoms with Crippen LogP contribution in [0.4, 0.5) is 0 Å². The average Bonchev–Trinajstić information content (AvgIpc) is 3.28. The maximum absolute atomic E-state index is 13.3. The number of benzene rings is 2. The first-order valence-corrected chi connectivity index (χ1v) is 11.4. The van der Waals surface area contributed by atoms with Crippen LogP contribution < -0.4 is 4.74 Å². The van der Waals surface area contributed by atoms with Crippen LogP contribution in [0.15, 0.2) is 42.5 Å². The minimum atomic E-state index is -0.00198. The number of ether oxygens (including phenoxy) is 1. The van der Waals surface area contributed by atoms with E-state index in [9.17, 15) is 9.59 Å². The molecule has 0 unspecified atom stereocenters. The molecule has 2 aliphatic rings. The van der Waals surface area contributed by atoms with Crippen molar-refractivity contribution in [2.45, 2.75) is 45.3 Å². The summed E-state index contributed by atoms with van der Waals surface area (Å²) >= 11 is 0. The molecule has 0 radical (unpaired) electrons. The van der Waals surface area contributed by atoms with Gasteiger partial charge in [0.25, 0.3) is 5.91 Å².